The SMILES string of the molecule is Cc1nn(C)c(C)c1-c1cc(C(=O)c2nc3ccc(C(=O)N4CCNCC4)cc3[nH]2)ccc1C#N. The molecule has 0 unspecified atom stereocenters. The number of benzene rings is 2. The van der Waals surface area contributed by atoms with Crippen molar-refractivity contribution in [3.63, 3.8) is 0 Å². The van der Waals surface area contributed by atoms with Crippen molar-refractivity contribution in [1.29, 1.82) is 5.26 Å². The number of nitriles is 1. The summed E-state index contributed by atoms with van der Waals surface area (Å²) in [4.78, 5) is 35.6. The maximum Gasteiger partial charge on any atom is 0.254 e. The van der Waals surface area contributed by atoms with Crippen LogP contribution in [0.3, 0.4) is 0 Å². The molecule has 1 aliphatic heterocycles. The van der Waals surface area contributed by atoms with Gasteiger partial charge in [-0.25, -0.2) is 4.98 Å². The molecule has 0 saturated carbocycles. The second-order valence-electron chi connectivity index (χ2n) is 8.73. The van der Waals surface area contributed by atoms with Crippen molar-refractivity contribution in [3.8, 4) is 17.2 Å². The van der Waals surface area contributed by atoms with Crippen molar-refractivity contribution in [2.75, 3.05) is 26.2 Å². The first-order valence-electron chi connectivity index (χ1n) is 11.5. The highest BCUT2D eigenvalue weighted by atomic mass is 16.2. The number of ketones is 1. The Balaban J connectivity index is 1.49. The molecule has 0 aliphatic carbocycles. The highest BCUT2D eigenvalue weighted by Gasteiger charge is 2.22. The molecule has 2 aromatic carbocycles. The molecule has 0 spiro atoms. The summed E-state index contributed by atoms with van der Waals surface area (Å²) in [5, 5.41) is 17.4. The van der Waals surface area contributed by atoms with Crippen LogP contribution in [0, 0.1) is 25.2 Å². The lowest BCUT2D eigenvalue weighted by Gasteiger charge is -2.27. The lowest BCUT2D eigenvalue weighted by molar-refractivity contribution is 0.0736. The van der Waals surface area contributed by atoms with E-state index in [0.29, 0.717) is 46.4 Å². The number of nitrogens with one attached hydrogen (secondary N) is 2. The third kappa shape index (κ3) is 3.98. The molecule has 176 valence electrons. The highest BCUT2D eigenvalue weighted by Crippen LogP contribution is 2.31. The van der Waals surface area contributed by atoms with Gasteiger partial charge < -0.3 is 15.2 Å². The summed E-state index contributed by atoms with van der Waals surface area (Å²) < 4.78 is 1.76. The van der Waals surface area contributed by atoms with Crippen LogP contribution >= 0.6 is 0 Å². The lowest BCUT2D eigenvalue weighted by Crippen LogP contribution is -2.46. The van der Waals surface area contributed by atoms with Gasteiger partial charge in [0.05, 0.1) is 28.4 Å². The molecule has 1 amide bonds. The number of carbonyl (C=O) groups excluding carboxylic acids is 2. The summed E-state index contributed by atoms with van der Waals surface area (Å²) in [5.41, 5.74) is 5.90. The van der Waals surface area contributed by atoms with Crippen LogP contribution in [0.4, 0.5) is 0 Å². The number of H-pyrrole nitrogens is 1. The Morgan fingerprint density at radius 1 is 1.06 bits per heavy atom. The number of fused-ring (bicyclic) bond motifs is 1. The zero-order chi connectivity index (χ0) is 24.7. The van der Waals surface area contributed by atoms with Crippen molar-refractivity contribution in [1.82, 2.24) is 30.0 Å². The van der Waals surface area contributed by atoms with Crippen molar-refractivity contribution in [2.24, 2.45) is 7.05 Å². The number of nitrogens with zero attached hydrogens (tertiary/aromatic N) is 5. The first-order valence-corrected chi connectivity index (χ1v) is 11.5. The molecule has 2 N–H and O–H groups in total. The number of piperazine rings is 1. The van der Waals surface area contributed by atoms with E-state index in [4.69, 9.17) is 0 Å². The molecule has 4 aromatic rings. The number of hydrogen-bond acceptors (Lipinski definition) is 6. The van der Waals surface area contributed by atoms with Crippen LogP contribution in [0.5, 0.6) is 0 Å². The molecule has 1 aliphatic rings. The molecule has 35 heavy (non-hydrogen) atoms. The Labute approximate surface area is 202 Å². The number of amides is 1. The quantitative estimate of drug-likeness (QED) is 0.446. The van der Waals surface area contributed by atoms with Crippen LogP contribution in [0.2, 0.25) is 0 Å². The molecular weight excluding hydrogens is 442 g/mol. The van der Waals surface area contributed by atoms with Gasteiger partial charge in [0.25, 0.3) is 5.91 Å². The number of hydrogen-bond donors (Lipinski definition) is 2. The Morgan fingerprint density at radius 2 is 1.80 bits per heavy atom. The molecular formula is C26H25N7O2. The molecule has 1 saturated heterocycles. The van der Waals surface area contributed by atoms with Gasteiger partial charge in [-0.1, -0.05) is 0 Å². The summed E-state index contributed by atoms with van der Waals surface area (Å²) in [5.74, 6) is -0.141. The van der Waals surface area contributed by atoms with E-state index in [0.717, 1.165) is 30.0 Å². The Bertz CT molecular complexity index is 1520. The molecule has 0 bridgehead atoms. The minimum Gasteiger partial charge on any atom is -0.336 e. The molecule has 9 heteroatoms. The summed E-state index contributed by atoms with van der Waals surface area (Å²) in [7, 11) is 1.85. The minimum absolute atomic E-state index is 0.0326. The van der Waals surface area contributed by atoms with E-state index in [1.165, 1.54) is 0 Å². The first-order chi connectivity index (χ1) is 16.9. The van der Waals surface area contributed by atoms with E-state index < -0.39 is 0 Å². The van der Waals surface area contributed by atoms with E-state index in [1.54, 1.807) is 41.1 Å². The molecule has 5 rings (SSSR count). The zero-order valence-corrected chi connectivity index (χ0v) is 19.8. The fraction of sp³-hybridized carbons (Fsp3) is 0.269. The summed E-state index contributed by atoms with van der Waals surface area (Å²) in [6.45, 7) is 6.71. The van der Waals surface area contributed by atoms with Crippen molar-refractivity contribution < 1.29 is 9.59 Å². The van der Waals surface area contributed by atoms with Crippen molar-refractivity contribution in [3.05, 3.63) is 70.3 Å². The standard InChI is InChI=1S/C26H25N7O2/c1-15-23(16(2)32(3)31-15)20-12-17(4-5-19(20)14-27)24(34)25-29-21-7-6-18(13-22(21)30-25)26(35)33-10-8-28-9-11-33/h4-7,12-13,28H,8-11H2,1-3H3,(H,29,30). The first kappa shape index (κ1) is 22.5. The molecule has 0 atom stereocenters. The summed E-state index contributed by atoms with van der Waals surface area (Å²) in [6.07, 6.45) is 0. The monoisotopic (exact) mass is 467 g/mol. The van der Waals surface area contributed by atoms with Crippen LogP contribution in [0.1, 0.15) is 43.5 Å². The average Bonchev–Trinajstić information content (AvgIpc) is 3.42. The van der Waals surface area contributed by atoms with E-state index in [-0.39, 0.29) is 17.5 Å². The van der Waals surface area contributed by atoms with E-state index >= 15 is 0 Å². The second kappa shape index (κ2) is 8.81. The van der Waals surface area contributed by atoms with E-state index in [1.807, 2.05) is 25.8 Å². The van der Waals surface area contributed by atoms with E-state index in [2.05, 4.69) is 26.5 Å². The van der Waals surface area contributed by atoms with Gasteiger partial charge in [-0.2, -0.15) is 10.4 Å². The maximum absolute atomic E-state index is 13.4. The normalized spacial score (nSPS) is 13.7. The molecule has 2 aromatic heterocycles. The van der Waals surface area contributed by atoms with Gasteiger partial charge in [-0.3, -0.25) is 14.3 Å². The van der Waals surface area contributed by atoms with Crippen LogP contribution < -0.4 is 5.32 Å². The Hall–Kier alpha value is -4.29. The largest absolute Gasteiger partial charge is 0.336 e. The molecule has 0 radical (unpaired) electrons. The van der Waals surface area contributed by atoms with Crippen LogP contribution in [-0.2, 0) is 7.05 Å². The number of carbonyl (C=O) groups is 2. The van der Waals surface area contributed by atoms with Crippen molar-refractivity contribution >= 4 is 22.7 Å². The van der Waals surface area contributed by atoms with Gasteiger partial charge in [-0.05, 0) is 50.2 Å². The zero-order valence-electron chi connectivity index (χ0n) is 19.8. The smallest absolute Gasteiger partial charge is 0.254 e. The predicted molar refractivity (Wildman–Crippen MR) is 131 cm³/mol. The van der Waals surface area contributed by atoms with Crippen LogP contribution in [-0.4, -0.2) is 62.5 Å². The van der Waals surface area contributed by atoms with Gasteiger partial charge in [0.15, 0.2) is 5.82 Å². The topological polar surface area (TPSA) is 120 Å². The number of aromatic amines is 1. The minimum atomic E-state index is -0.291. The highest BCUT2D eigenvalue weighted by molar-refractivity contribution is 6.09. The lowest BCUT2D eigenvalue weighted by atomic mass is 9.95. The van der Waals surface area contributed by atoms with Gasteiger partial charge in [0.1, 0.15) is 0 Å². The Morgan fingerprint density at radius 3 is 2.49 bits per heavy atom. The second-order valence-corrected chi connectivity index (χ2v) is 8.73. The number of rotatable bonds is 4. The molecule has 1 fully saturated rings. The number of imidazole rings is 1. The van der Waals surface area contributed by atoms with Gasteiger partial charge in [0, 0.05) is 61.2 Å². The van der Waals surface area contributed by atoms with E-state index in [9.17, 15) is 14.9 Å². The van der Waals surface area contributed by atoms with Crippen LogP contribution in [0.15, 0.2) is 36.4 Å². The van der Waals surface area contributed by atoms with Crippen molar-refractivity contribution in [2.45, 2.75) is 13.8 Å². The number of aryl methyl sites for hydroxylation is 2. The van der Waals surface area contributed by atoms with Crippen LogP contribution in [0.25, 0.3) is 22.2 Å². The third-order valence-electron chi connectivity index (χ3n) is 6.53. The maximum atomic E-state index is 13.4. The summed E-state index contributed by atoms with van der Waals surface area (Å²) >= 11 is 0. The Kier molecular flexibility index (Phi) is 5.67. The van der Waals surface area contributed by atoms with Gasteiger partial charge >= 0.3 is 0 Å². The average molecular weight is 468 g/mol. The predicted octanol–water partition coefficient (Wildman–Crippen LogP) is 2.73. The number of aromatic nitrogens is 4. The fourth-order valence-corrected chi connectivity index (χ4v) is 4.59. The summed E-state index contributed by atoms with van der Waals surface area (Å²) in [6, 6.07) is 12.5. The fourth-order valence-electron chi connectivity index (χ4n) is 4.59. The molecule has 9 nitrogen and oxygen atoms in total. The molecule has 3 heterocycles. The third-order valence-corrected chi connectivity index (χ3v) is 6.53. The van der Waals surface area contributed by atoms with Gasteiger partial charge in [-0.15, -0.1) is 0 Å². The van der Waals surface area contributed by atoms with Gasteiger partial charge in [0.2, 0.25) is 5.78 Å².